The largest absolute Gasteiger partial charge is 0.461 e. The predicted octanol–water partition coefficient (Wildman–Crippen LogP) is 11.2. The zero-order valence-corrected chi connectivity index (χ0v) is 58.7. The lowest BCUT2D eigenvalue weighted by Crippen LogP contribution is -2.70. The van der Waals surface area contributed by atoms with Crippen LogP contribution < -0.4 is 0 Å². The minimum absolute atomic E-state index is 0.123. The van der Waals surface area contributed by atoms with Crippen molar-refractivity contribution in [2.75, 3.05) is 59.2 Å². The first-order valence-corrected chi connectivity index (χ1v) is 52.2. The molecule has 23 heteroatoms. The van der Waals surface area contributed by atoms with E-state index in [9.17, 15) is 4.79 Å². The summed E-state index contributed by atoms with van der Waals surface area (Å²) in [5.74, 6) is -0.510. The molecule has 0 N–H and O–H groups in total. The minimum Gasteiger partial charge on any atom is -0.461 e. The zero-order valence-electron chi connectivity index (χ0n) is 51.0. The third kappa shape index (κ3) is 23.4. The van der Waals surface area contributed by atoms with Gasteiger partial charge in [-0.1, -0.05) is 54.1 Å². The van der Waals surface area contributed by atoms with Gasteiger partial charge >= 0.3 is 5.97 Å². The zero-order chi connectivity index (χ0) is 57.5. The van der Waals surface area contributed by atoms with E-state index < -0.39 is 126 Å². The van der Waals surface area contributed by atoms with Crippen LogP contribution in [-0.2, 0) is 59.5 Å². The molecule has 5 rings (SSSR count). The number of carbonyl (C=O) groups is 1. The first-order chi connectivity index (χ1) is 35.3. The van der Waals surface area contributed by atoms with Gasteiger partial charge in [0.1, 0.15) is 62.0 Å². The number of piperazine rings is 1. The van der Waals surface area contributed by atoms with E-state index in [0.29, 0.717) is 13.2 Å². The summed E-state index contributed by atoms with van der Waals surface area (Å²) in [7, 11) is -15.9. The van der Waals surface area contributed by atoms with Crippen LogP contribution in [0.5, 0.6) is 0 Å². The van der Waals surface area contributed by atoms with Crippen molar-refractivity contribution in [3.63, 3.8) is 0 Å². The second kappa shape index (κ2) is 27.7. The van der Waals surface area contributed by atoms with Gasteiger partial charge < -0.3 is 54.7 Å². The van der Waals surface area contributed by atoms with Crippen molar-refractivity contribution in [3.8, 4) is 0 Å². The van der Waals surface area contributed by atoms with Gasteiger partial charge in [-0.3, -0.25) is 9.80 Å². The van der Waals surface area contributed by atoms with E-state index in [4.69, 9.17) is 66.3 Å². The molecule has 2 aromatic rings. The summed E-state index contributed by atoms with van der Waals surface area (Å²) in [6.45, 7) is 49.9. The molecule has 0 saturated carbocycles. The van der Waals surface area contributed by atoms with Gasteiger partial charge in [0, 0.05) is 37.7 Å². The number of nitrogens with zero attached hydrogens (tertiary/aromatic N) is 2. The number of hydrogen-bond acceptors (Lipinski definition) is 15. The lowest BCUT2D eigenvalue weighted by atomic mass is 9.96. The highest BCUT2D eigenvalue weighted by molar-refractivity contribution is 6.72. The second-order valence-electron chi connectivity index (χ2n) is 27.8. The number of carbonyl (C=O) groups excluding carboxylic acids is 1. The molecule has 3 aliphatic heterocycles. The molecule has 77 heavy (non-hydrogen) atoms. The van der Waals surface area contributed by atoms with Gasteiger partial charge in [-0.2, -0.15) is 0 Å². The monoisotopic (exact) mass is 1220 g/mol. The Balaban J connectivity index is 1.41. The fourth-order valence-corrected chi connectivity index (χ4v) is 16.7. The molecule has 15 nitrogen and oxygen atoms in total. The lowest BCUT2D eigenvalue weighted by Gasteiger charge is -2.54. The highest BCUT2D eigenvalue weighted by Crippen LogP contribution is 2.40. The Hall–Kier alpha value is -0.802. The first-order valence-electron chi connectivity index (χ1n) is 28.0. The Morgan fingerprint density at radius 2 is 0.961 bits per heavy atom. The number of hydrogen-bond donors (Lipinski definition) is 0. The molecule has 3 saturated heterocycles. The maximum Gasteiger partial charge on any atom is 0.332 e. The van der Waals surface area contributed by atoms with Crippen LogP contribution in [0, 0.1) is 0 Å². The van der Waals surface area contributed by atoms with Crippen molar-refractivity contribution >= 4 is 75.8 Å². The van der Waals surface area contributed by atoms with E-state index in [-0.39, 0.29) is 25.9 Å². The quantitative estimate of drug-likeness (QED) is 0.0477. The van der Waals surface area contributed by atoms with Gasteiger partial charge in [-0.05, 0) is 161 Å². The smallest absolute Gasteiger partial charge is 0.332 e. The van der Waals surface area contributed by atoms with E-state index >= 15 is 0 Å². The Morgan fingerprint density at radius 1 is 0.519 bits per heavy atom. The van der Waals surface area contributed by atoms with Crippen LogP contribution in [0.25, 0.3) is 0 Å². The fourth-order valence-electron chi connectivity index (χ4n) is 9.64. The van der Waals surface area contributed by atoms with E-state index in [2.05, 4.69) is 190 Å². The lowest BCUT2D eigenvalue weighted by molar-refractivity contribution is -0.345. The molecule has 3 fully saturated rings. The summed E-state index contributed by atoms with van der Waals surface area (Å²) in [5.41, 5.74) is 2.46. The van der Waals surface area contributed by atoms with Crippen LogP contribution in [0.15, 0.2) is 54.6 Å². The van der Waals surface area contributed by atoms with Gasteiger partial charge in [0.2, 0.25) is 0 Å². The van der Waals surface area contributed by atoms with Crippen LogP contribution in [0.4, 0.5) is 0 Å². The van der Waals surface area contributed by atoms with Crippen molar-refractivity contribution in [2.24, 2.45) is 0 Å². The van der Waals surface area contributed by atoms with Gasteiger partial charge in [0.15, 0.2) is 70.8 Å². The van der Waals surface area contributed by atoms with Crippen molar-refractivity contribution in [3.05, 3.63) is 70.7 Å². The summed E-state index contributed by atoms with van der Waals surface area (Å²) >= 11 is 6.29. The molecular formula is C54H101ClN2O13Si7. The van der Waals surface area contributed by atoms with Gasteiger partial charge in [-0.15, -0.1) is 0 Å². The molecule has 11 atom stereocenters. The third-order valence-electron chi connectivity index (χ3n) is 12.3. The van der Waals surface area contributed by atoms with Crippen LogP contribution in [0.3, 0.4) is 0 Å². The van der Waals surface area contributed by atoms with Gasteiger partial charge in [0.25, 0.3) is 0 Å². The number of halogens is 1. The molecule has 3 aliphatic rings. The highest BCUT2D eigenvalue weighted by Gasteiger charge is 2.57. The molecule has 2 aromatic carbocycles. The summed E-state index contributed by atoms with van der Waals surface area (Å²) in [5, 5.41) is 0.726. The summed E-state index contributed by atoms with van der Waals surface area (Å²) in [6.07, 6.45) is -7.26. The molecule has 11 unspecified atom stereocenters. The number of rotatable bonds is 27. The van der Waals surface area contributed by atoms with Gasteiger partial charge in [-0.25, -0.2) is 4.79 Å². The molecule has 0 aromatic heterocycles. The van der Waals surface area contributed by atoms with Crippen molar-refractivity contribution in [1.29, 1.82) is 0 Å². The molecule has 0 bridgehead atoms. The van der Waals surface area contributed by atoms with Crippen LogP contribution >= 0.6 is 11.6 Å². The van der Waals surface area contributed by atoms with Crippen LogP contribution in [0.1, 0.15) is 17.2 Å². The van der Waals surface area contributed by atoms with Crippen LogP contribution in [-0.4, -0.2) is 195 Å². The summed E-state index contributed by atoms with van der Waals surface area (Å²) in [6, 6.07) is 18.9. The molecule has 0 spiro atoms. The number of benzene rings is 2. The molecule has 0 aliphatic carbocycles. The average Bonchev–Trinajstić information content (AvgIpc) is 3.26. The van der Waals surface area contributed by atoms with E-state index in [1.807, 2.05) is 12.1 Å². The SMILES string of the molecule is C[Si](C)(C)OCC1OC(OC2C(COC(=O)COCCN3CCN(C(c4ccccc4)c4ccc(Cl)cc4)CC3)OC(O[Si](C)(C)C)C(O[Si](C)(C)C)C2O[Si](C)(C)C)C(O[Si](C)(C)C)C(O[Si](C)(C)C)C1O[Si](C)(C)C. The standard InChI is InChI=1S/C54H101ClN2O13Si7/c1-71(2,3)61-38-44-48(65-72(4,5)6)50(67-74(10,11)12)51(68-75(13,14)15)53(62-44)64-47-43(63-54(70-77(19,20)21)52(69-76(16,17)18)49(47)66-73(7,8)9)37-60-45(58)39-59-36-35-56-31-33-57(34-32-56)46(40-25-23-22-24-26-40)41-27-29-42(55)30-28-41/h22-30,43-44,46-54H,31-39H2,1-21H3. The maximum absolute atomic E-state index is 13.8. The average molecular weight is 1220 g/mol. The number of esters is 1. The Morgan fingerprint density at radius 3 is 1.47 bits per heavy atom. The fraction of sp³-hybridized carbons (Fsp3) is 0.759. The second-order valence-corrected chi connectivity index (χ2v) is 59.5. The molecule has 0 amide bonds. The Kier molecular flexibility index (Phi) is 24.1. The minimum atomic E-state index is -2.39. The third-order valence-corrected chi connectivity index (χ3v) is 19.4. The van der Waals surface area contributed by atoms with Crippen molar-refractivity contribution in [2.45, 2.75) is 205 Å². The van der Waals surface area contributed by atoms with E-state index in [1.165, 1.54) is 11.1 Å². The van der Waals surface area contributed by atoms with E-state index in [0.717, 1.165) is 31.2 Å². The predicted molar refractivity (Wildman–Crippen MR) is 327 cm³/mol. The first kappa shape index (κ1) is 67.0. The van der Waals surface area contributed by atoms with Crippen molar-refractivity contribution in [1.82, 2.24) is 9.80 Å². The molecule has 0 radical (unpaired) electrons. The maximum atomic E-state index is 13.8. The highest BCUT2D eigenvalue weighted by atomic mass is 35.5. The normalized spacial score (nSPS) is 27.4. The number of ether oxygens (including phenoxy) is 5. The van der Waals surface area contributed by atoms with Gasteiger partial charge in [0.05, 0.1) is 19.3 Å². The van der Waals surface area contributed by atoms with E-state index in [1.54, 1.807) is 0 Å². The van der Waals surface area contributed by atoms with Crippen molar-refractivity contribution < 1.29 is 59.5 Å². The summed E-state index contributed by atoms with van der Waals surface area (Å²) in [4.78, 5) is 18.7. The topological polar surface area (TPSA) is 134 Å². The molecule has 440 valence electrons. The van der Waals surface area contributed by atoms with Crippen LogP contribution in [0.2, 0.25) is 143 Å². The Labute approximate surface area is 477 Å². The summed E-state index contributed by atoms with van der Waals surface area (Å²) < 4.78 is 83.4. The molecular weight excluding hydrogens is 1120 g/mol. The Bertz CT molecular complexity index is 2100. The molecule has 3 heterocycles.